The number of aromatic nitrogens is 2. The summed E-state index contributed by atoms with van der Waals surface area (Å²) in [7, 11) is 0. The second-order valence-corrected chi connectivity index (χ2v) is 8.99. The molecule has 3 aromatic rings. The topological polar surface area (TPSA) is 25.8 Å². The van der Waals surface area contributed by atoms with Crippen molar-refractivity contribution in [2.24, 2.45) is 0 Å². The summed E-state index contributed by atoms with van der Waals surface area (Å²) in [5.41, 5.74) is 12.5. The molecular weight excluding hydrogens is 352 g/mol. The largest absolute Gasteiger partial charge is 0.254 e. The Bertz CT molecular complexity index is 1080. The first-order chi connectivity index (χ1) is 13.9. The third kappa shape index (κ3) is 3.29. The first-order valence-corrected chi connectivity index (χ1v) is 11.0. The molecule has 29 heavy (non-hydrogen) atoms. The van der Waals surface area contributed by atoms with Gasteiger partial charge in [-0.2, -0.15) is 0 Å². The summed E-state index contributed by atoms with van der Waals surface area (Å²) >= 11 is 0. The molecule has 2 nitrogen and oxygen atoms in total. The minimum absolute atomic E-state index is 0.00197. The highest BCUT2D eigenvalue weighted by Crippen LogP contribution is 2.49. The van der Waals surface area contributed by atoms with Gasteiger partial charge in [0.15, 0.2) is 0 Å². The van der Waals surface area contributed by atoms with Crippen molar-refractivity contribution >= 4 is 0 Å². The van der Waals surface area contributed by atoms with Crippen molar-refractivity contribution in [2.75, 3.05) is 0 Å². The second-order valence-electron chi connectivity index (χ2n) is 8.99. The van der Waals surface area contributed by atoms with Crippen LogP contribution in [0.2, 0.25) is 0 Å². The van der Waals surface area contributed by atoms with Crippen molar-refractivity contribution in [1.29, 1.82) is 0 Å². The Balaban J connectivity index is 1.88. The average molecular weight is 385 g/mol. The van der Waals surface area contributed by atoms with Crippen molar-refractivity contribution < 1.29 is 0 Å². The zero-order valence-electron chi connectivity index (χ0n) is 18.7. The normalized spacial score (nSPS) is 14.0. The lowest BCUT2D eigenvalue weighted by Crippen LogP contribution is -2.15. The van der Waals surface area contributed by atoms with E-state index in [4.69, 9.17) is 9.97 Å². The van der Waals surface area contributed by atoms with E-state index < -0.39 is 0 Å². The maximum atomic E-state index is 5.12. The van der Waals surface area contributed by atoms with Gasteiger partial charge in [0.2, 0.25) is 0 Å². The van der Waals surface area contributed by atoms with Crippen molar-refractivity contribution in [1.82, 2.24) is 9.97 Å². The van der Waals surface area contributed by atoms with Gasteiger partial charge in [0, 0.05) is 11.0 Å². The third-order valence-electron chi connectivity index (χ3n) is 6.32. The molecule has 0 amide bonds. The summed E-state index contributed by atoms with van der Waals surface area (Å²) < 4.78 is 0. The number of benzene rings is 2. The van der Waals surface area contributed by atoms with Gasteiger partial charge >= 0.3 is 0 Å². The smallest absolute Gasteiger partial charge is 0.0920 e. The number of fused-ring (bicyclic) bond motifs is 3. The zero-order chi connectivity index (χ0) is 20.8. The molecule has 4 rings (SSSR count). The van der Waals surface area contributed by atoms with Gasteiger partial charge in [-0.25, -0.2) is 4.98 Å². The van der Waals surface area contributed by atoms with E-state index in [2.05, 4.69) is 77.9 Å². The minimum Gasteiger partial charge on any atom is -0.254 e. The summed E-state index contributed by atoms with van der Waals surface area (Å²) in [6.45, 7) is 13.4. The van der Waals surface area contributed by atoms with Crippen LogP contribution in [0.3, 0.4) is 0 Å². The van der Waals surface area contributed by atoms with E-state index >= 15 is 0 Å². The molecule has 1 aliphatic rings. The fourth-order valence-electron chi connectivity index (χ4n) is 4.71. The molecular formula is C27H32N2. The van der Waals surface area contributed by atoms with E-state index in [1.165, 1.54) is 33.4 Å². The van der Waals surface area contributed by atoms with Crippen LogP contribution in [0.15, 0.2) is 36.4 Å². The first kappa shape index (κ1) is 19.8. The van der Waals surface area contributed by atoms with Crippen LogP contribution in [0.4, 0.5) is 0 Å². The second kappa shape index (κ2) is 7.40. The fourth-order valence-corrected chi connectivity index (χ4v) is 4.71. The van der Waals surface area contributed by atoms with Crippen LogP contribution in [0.1, 0.15) is 74.3 Å². The Labute approximate surface area is 175 Å². The van der Waals surface area contributed by atoms with E-state index in [0.29, 0.717) is 0 Å². The fraction of sp³-hybridized carbons (Fsp3) is 0.407. The molecule has 1 heterocycles. The van der Waals surface area contributed by atoms with Crippen molar-refractivity contribution in [3.05, 3.63) is 70.2 Å². The van der Waals surface area contributed by atoms with Gasteiger partial charge in [-0.15, -0.1) is 0 Å². The maximum absolute atomic E-state index is 5.12. The maximum Gasteiger partial charge on any atom is 0.0920 e. The number of rotatable bonds is 5. The molecule has 0 radical (unpaired) electrons. The van der Waals surface area contributed by atoms with Gasteiger partial charge in [-0.05, 0) is 55.0 Å². The quantitative estimate of drug-likeness (QED) is 0.474. The minimum atomic E-state index is 0.00197. The molecule has 150 valence electrons. The van der Waals surface area contributed by atoms with Crippen molar-refractivity contribution in [3.63, 3.8) is 0 Å². The summed E-state index contributed by atoms with van der Waals surface area (Å²) in [6.07, 6.45) is 4.12. The molecule has 0 unspecified atom stereocenters. The highest BCUT2D eigenvalue weighted by molar-refractivity contribution is 5.83. The Hall–Kier alpha value is -2.48. The van der Waals surface area contributed by atoms with Crippen molar-refractivity contribution in [3.8, 4) is 22.4 Å². The lowest BCUT2D eigenvalue weighted by molar-refractivity contribution is 0.660. The lowest BCUT2D eigenvalue weighted by atomic mass is 9.81. The molecule has 2 aromatic carbocycles. The number of aryl methyl sites for hydroxylation is 4. The van der Waals surface area contributed by atoms with Crippen LogP contribution < -0.4 is 0 Å². The van der Waals surface area contributed by atoms with E-state index in [0.717, 1.165) is 48.5 Å². The van der Waals surface area contributed by atoms with Crippen molar-refractivity contribution in [2.45, 2.75) is 72.6 Å². The van der Waals surface area contributed by atoms with Crippen LogP contribution in [0.25, 0.3) is 22.4 Å². The summed E-state index contributed by atoms with van der Waals surface area (Å²) in [6, 6.07) is 13.8. The van der Waals surface area contributed by atoms with Crippen LogP contribution in [0, 0.1) is 13.8 Å². The lowest BCUT2D eigenvalue weighted by Gasteiger charge is -2.22. The van der Waals surface area contributed by atoms with Gasteiger partial charge in [0.25, 0.3) is 0 Å². The highest BCUT2D eigenvalue weighted by atomic mass is 14.8. The Morgan fingerprint density at radius 3 is 2.07 bits per heavy atom. The number of nitrogens with zero attached hydrogens (tertiary/aromatic N) is 2. The third-order valence-corrected chi connectivity index (χ3v) is 6.32. The molecule has 0 aliphatic heterocycles. The van der Waals surface area contributed by atoms with Gasteiger partial charge < -0.3 is 0 Å². The van der Waals surface area contributed by atoms with Crippen LogP contribution in [-0.2, 0) is 18.3 Å². The molecule has 0 bridgehead atoms. The molecule has 0 N–H and O–H groups in total. The molecule has 0 saturated heterocycles. The summed E-state index contributed by atoms with van der Waals surface area (Å²) in [4.78, 5) is 10.1. The standard InChI is InChI=1S/C27H32N2/c1-7-9-24-18(4)28-25(10-8-2)26(29-24)19-12-14-21-20-13-11-17(3)15-22(20)27(5,6)23(21)16-19/h11-16H,7-10H2,1-6H3. The van der Waals surface area contributed by atoms with Crippen LogP contribution >= 0.6 is 0 Å². The first-order valence-electron chi connectivity index (χ1n) is 11.0. The predicted molar refractivity (Wildman–Crippen MR) is 122 cm³/mol. The Morgan fingerprint density at radius 1 is 0.759 bits per heavy atom. The molecule has 0 fully saturated rings. The van der Waals surface area contributed by atoms with Gasteiger partial charge in [0.05, 0.1) is 22.8 Å². The van der Waals surface area contributed by atoms with Crippen LogP contribution in [0.5, 0.6) is 0 Å². The summed E-state index contributed by atoms with van der Waals surface area (Å²) in [5, 5.41) is 0. The molecule has 1 aliphatic carbocycles. The molecule has 0 spiro atoms. The molecule has 0 atom stereocenters. The van der Waals surface area contributed by atoms with Gasteiger partial charge in [0.1, 0.15) is 0 Å². The van der Waals surface area contributed by atoms with E-state index in [1.54, 1.807) is 0 Å². The molecule has 2 heteroatoms. The predicted octanol–water partition coefficient (Wildman–Crippen LogP) is 6.97. The number of hydrogen-bond donors (Lipinski definition) is 0. The van der Waals surface area contributed by atoms with E-state index in [-0.39, 0.29) is 5.41 Å². The van der Waals surface area contributed by atoms with Gasteiger partial charge in [-0.3, -0.25) is 4.98 Å². The van der Waals surface area contributed by atoms with Gasteiger partial charge in [-0.1, -0.05) is 76.4 Å². The number of hydrogen-bond acceptors (Lipinski definition) is 2. The Morgan fingerprint density at radius 2 is 1.38 bits per heavy atom. The van der Waals surface area contributed by atoms with E-state index in [9.17, 15) is 0 Å². The zero-order valence-corrected chi connectivity index (χ0v) is 18.7. The van der Waals surface area contributed by atoms with Crippen LogP contribution in [-0.4, -0.2) is 9.97 Å². The molecule has 1 aromatic heterocycles. The SMILES string of the molecule is CCCc1nc(-c2ccc3c(c2)C(C)(C)c2cc(C)ccc2-3)c(CCC)nc1C. The average Bonchev–Trinajstić information content (AvgIpc) is 2.91. The molecule has 0 saturated carbocycles. The monoisotopic (exact) mass is 384 g/mol. The summed E-state index contributed by atoms with van der Waals surface area (Å²) in [5.74, 6) is 0. The Kier molecular flexibility index (Phi) is 5.06. The van der Waals surface area contributed by atoms with E-state index in [1.807, 2.05) is 0 Å². The highest BCUT2D eigenvalue weighted by Gasteiger charge is 2.35.